The van der Waals surface area contributed by atoms with Crippen molar-refractivity contribution in [3.63, 3.8) is 0 Å². The van der Waals surface area contributed by atoms with Crippen molar-refractivity contribution in [1.29, 1.82) is 0 Å². The molecule has 2 rings (SSSR count). The van der Waals surface area contributed by atoms with Crippen molar-refractivity contribution in [2.75, 3.05) is 5.32 Å². The van der Waals surface area contributed by atoms with Gasteiger partial charge in [0, 0.05) is 11.3 Å². The molecular weight excluding hydrogens is 262 g/mol. The third-order valence-corrected chi connectivity index (χ3v) is 3.72. The second kappa shape index (κ2) is 7.07. The fourth-order valence-corrected chi connectivity index (χ4v) is 2.17. The lowest BCUT2D eigenvalue weighted by Gasteiger charge is -2.05. The monoisotopic (exact) mass is 285 g/mol. The van der Waals surface area contributed by atoms with Crippen molar-refractivity contribution < 1.29 is 4.79 Å². The minimum Gasteiger partial charge on any atom is -0.309 e. The maximum absolute atomic E-state index is 12.0. The van der Waals surface area contributed by atoms with E-state index in [-0.39, 0.29) is 5.91 Å². The summed E-state index contributed by atoms with van der Waals surface area (Å²) in [6.07, 6.45) is 3.89. The molecule has 0 aliphatic carbocycles. The topological polar surface area (TPSA) is 57.8 Å². The van der Waals surface area contributed by atoms with Gasteiger partial charge in [-0.05, 0) is 37.8 Å². The van der Waals surface area contributed by atoms with E-state index in [1.54, 1.807) is 0 Å². The van der Waals surface area contributed by atoms with Gasteiger partial charge in [0.2, 0.25) is 5.91 Å². The van der Waals surface area contributed by atoms with Gasteiger partial charge < -0.3 is 5.32 Å². The van der Waals surface area contributed by atoms with Gasteiger partial charge in [-0.1, -0.05) is 37.6 Å². The molecule has 0 aliphatic rings. The second-order valence-corrected chi connectivity index (χ2v) is 5.47. The van der Waals surface area contributed by atoms with Crippen molar-refractivity contribution in [3.8, 4) is 0 Å². The van der Waals surface area contributed by atoms with Crippen LogP contribution in [0.5, 0.6) is 0 Å². The molecule has 1 heterocycles. The van der Waals surface area contributed by atoms with Gasteiger partial charge in [0.1, 0.15) is 0 Å². The Balaban J connectivity index is 1.92. The minimum atomic E-state index is -0.0362. The fourth-order valence-electron chi connectivity index (χ4n) is 2.17. The van der Waals surface area contributed by atoms with Crippen LogP contribution >= 0.6 is 0 Å². The molecule has 0 atom stereocenters. The molecule has 0 spiro atoms. The highest BCUT2D eigenvalue weighted by Crippen LogP contribution is 2.14. The number of amides is 1. The van der Waals surface area contributed by atoms with Gasteiger partial charge in [0.25, 0.3) is 0 Å². The van der Waals surface area contributed by atoms with Crippen LogP contribution in [0.3, 0.4) is 0 Å². The van der Waals surface area contributed by atoms with Gasteiger partial charge in [-0.25, -0.2) is 0 Å². The van der Waals surface area contributed by atoms with E-state index in [0.29, 0.717) is 12.2 Å². The number of hydrogen-bond acceptors (Lipinski definition) is 2. The molecule has 0 saturated heterocycles. The second-order valence-electron chi connectivity index (χ2n) is 5.47. The van der Waals surface area contributed by atoms with Crippen LogP contribution in [-0.2, 0) is 17.6 Å². The molecule has 1 aromatic heterocycles. The Bertz CT molecular complexity index is 599. The van der Waals surface area contributed by atoms with E-state index in [9.17, 15) is 4.79 Å². The lowest BCUT2D eigenvalue weighted by atomic mass is 10.0. The lowest BCUT2D eigenvalue weighted by molar-refractivity contribution is -0.115. The number of hydrogen-bond donors (Lipinski definition) is 2. The van der Waals surface area contributed by atoms with Crippen molar-refractivity contribution in [2.24, 2.45) is 0 Å². The molecule has 0 saturated carbocycles. The smallest absolute Gasteiger partial charge is 0.230 e. The predicted molar refractivity (Wildman–Crippen MR) is 85.4 cm³/mol. The van der Waals surface area contributed by atoms with Crippen LogP contribution in [0.15, 0.2) is 24.3 Å². The molecule has 0 radical (unpaired) electrons. The highest BCUT2D eigenvalue weighted by Gasteiger charge is 2.10. The quantitative estimate of drug-likeness (QED) is 0.852. The molecule has 0 bridgehead atoms. The van der Waals surface area contributed by atoms with E-state index in [1.165, 1.54) is 18.4 Å². The SMILES string of the molecule is CCCCc1ccc(CC(=O)Nc2n[nH]c(C)c2C)cc1. The predicted octanol–water partition coefficient (Wildman–Crippen LogP) is 3.55. The Labute approximate surface area is 126 Å². The van der Waals surface area contributed by atoms with E-state index in [1.807, 2.05) is 26.0 Å². The number of benzene rings is 1. The zero-order valence-corrected chi connectivity index (χ0v) is 13.0. The number of anilines is 1. The zero-order valence-electron chi connectivity index (χ0n) is 13.0. The first kappa shape index (κ1) is 15.3. The van der Waals surface area contributed by atoms with E-state index >= 15 is 0 Å². The van der Waals surface area contributed by atoms with Gasteiger partial charge >= 0.3 is 0 Å². The molecule has 4 nitrogen and oxygen atoms in total. The number of H-pyrrole nitrogens is 1. The normalized spacial score (nSPS) is 10.6. The summed E-state index contributed by atoms with van der Waals surface area (Å²) in [7, 11) is 0. The summed E-state index contributed by atoms with van der Waals surface area (Å²) in [4.78, 5) is 12.0. The van der Waals surface area contributed by atoms with Gasteiger partial charge in [-0.2, -0.15) is 5.10 Å². The highest BCUT2D eigenvalue weighted by atomic mass is 16.1. The number of nitrogens with zero attached hydrogens (tertiary/aromatic N) is 1. The van der Waals surface area contributed by atoms with Crippen LogP contribution in [0.4, 0.5) is 5.82 Å². The number of carbonyl (C=O) groups excluding carboxylic acids is 1. The minimum absolute atomic E-state index is 0.0362. The van der Waals surface area contributed by atoms with E-state index in [2.05, 4.69) is 34.6 Å². The molecule has 0 fully saturated rings. The zero-order chi connectivity index (χ0) is 15.2. The number of rotatable bonds is 6. The fraction of sp³-hybridized carbons (Fsp3) is 0.412. The molecule has 0 unspecified atom stereocenters. The first-order valence-corrected chi connectivity index (χ1v) is 7.49. The maximum Gasteiger partial charge on any atom is 0.230 e. The van der Waals surface area contributed by atoms with Gasteiger partial charge in [-0.15, -0.1) is 0 Å². The molecule has 1 amide bonds. The average Bonchev–Trinajstić information content (AvgIpc) is 2.78. The lowest BCUT2D eigenvalue weighted by Crippen LogP contribution is -2.15. The summed E-state index contributed by atoms with van der Waals surface area (Å²) in [5.74, 6) is 0.586. The Morgan fingerprint density at radius 1 is 1.19 bits per heavy atom. The maximum atomic E-state index is 12.0. The summed E-state index contributed by atoms with van der Waals surface area (Å²) in [5, 5.41) is 9.80. The summed E-state index contributed by atoms with van der Waals surface area (Å²) in [5.41, 5.74) is 4.32. The van der Waals surface area contributed by atoms with Crippen LogP contribution in [-0.4, -0.2) is 16.1 Å². The Morgan fingerprint density at radius 3 is 2.43 bits per heavy atom. The first-order valence-electron chi connectivity index (χ1n) is 7.49. The number of unbranched alkanes of at least 4 members (excludes halogenated alkanes) is 1. The Hall–Kier alpha value is -2.10. The van der Waals surface area contributed by atoms with Crippen molar-refractivity contribution in [2.45, 2.75) is 46.5 Å². The van der Waals surface area contributed by atoms with Crippen molar-refractivity contribution in [1.82, 2.24) is 10.2 Å². The number of aromatic amines is 1. The summed E-state index contributed by atoms with van der Waals surface area (Å²) in [6, 6.07) is 8.30. The van der Waals surface area contributed by atoms with Gasteiger partial charge in [0.05, 0.1) is 6.42 Å². The molecule has 112 valence electrons. The van der Waals surface area contributed by atoms with Crippen LogP contribution < -0.4 is 5.32 Å². The Kier molecular flexibility index (Phi) is 5.14. The molecule has 21 heavy (non-hydrogen) atoms. The first-order chi connectivity index (χ1) is 10.1. The van der Waals surface area contributed by atoms with Gasteiger partial charge in [-0.3, -0.25) is 9.89 Å². The number of carbonyl (C=O) groups is 1. The summed E-state index contributed by atoms with van der Waals surface area (Å²) < 4.78 is 0. The van der Waals surface area contributed by atoms with E-state index in [0.717, 1.165) is 23.2 Å². The van der Waals surface area contributed by atoms with Crippen LogP contribution in [0.1, 0.15) is 42.1 Å². The van der Waals surface area contributed by atoms with E-state index < -0.39 is 0 Å². The standard InChI is InChI=1S/C17H23N3O/c1-4-5-6-14-7-9-15(10-8-14)11-16(21)18-17-12(2)13(3)19-20-17/h7-10H,4-6,11H2,1-3H3,(H2,18,19,20,21). The molecular formula is C17H23N3O. The third-order valence-electron chi connectivity index (χ3n) is 3.72. The summed E-state index contributed by atoms with van der Waals surface area (Å²) >= 11 is 0. The highest BCUT2D eigenvalue weighted by molar-refractivity contribution is 5.92. The van der Waals surface area contributed by atoms with Crippen LogP contribution in [0, 0.1) is 13.8 Å². The van der Waals surface area contributed by atoms with Crippen molar-refractivity contribution in [3.05, 3.63) is 46.6 Å². The van der Waals surface area contributed by atoms with E-state index in [4.69, 9.17) is 0 Å². The van der Waals surface area contributed by atoms with Gasteiger partial charge in [0.15, 0.2) is 5.82 Å². The molecule has 0 aliphatic heterocycles. The largest absolute Gasteiger partial charge is 0.309 e. The number of nitrogens with one attached hydrogen (secondary N) is 2. The van der Waals surface area contributed by atoms with Crippen LogP contribution in [0.25, 0.3) is 0 Å². The molecule has 2 aromatic rings. The number of aryl methyl sites for hydroxylation is 2. The number of aromatic nitrogens is 2. The Morgan fingerprint density at radius 2 is 1.86 bits per heavy atom. The molecule has 1 aromatic carbocycles. The molecule has 4 heteroatoms. The average molecular weight is 285 g/mol. The summed E-state index contributed by atoms with van der Waals surface area (Å²) in [6.45, 7) is 6.07. The molecule has 2 N–H and O–H groups in total. The van der Waals surface area contributed by atoms with Crippen LogP contribution in [0.2, 0.25) is 0 Å². The van der Waals surface area contributed by atoms with Crippen molar-refractivity contribution >= 4 is 11.7 Å². The third kappa shape index (κ3) is 4.18.